The fraction of sp³-hybridized carbons (Fsp3) is 0.906. The first-order chi connectivity index (χ1) is 42.6. The predicted octanol–water partition coefficient (Wildman–Crippen LogP) is 4.39. The molecule has 0 aliphatic carbocycles. The zero-order chi connectivity index (χ0) is 68.8. The Bertz CT molecular complexity index is 1520. The van der Waals surface area contributed by atoms with Crippen molar-refractivity contribution in [2.45, 2.75) is 185 Å². The first-order valence-corrected chi connectivity index (χ1v) is 33.1. The monoisotopic (exact) mass is 1290 g/mol. The number of rotatable bonds is 50. The molecule has 25 heteroatoms. The topological polar surface area (TPSA) is 319 Å². The summed E-state index contributed by atoms with van der Waals surface area (Å²) in [5, 5.41) is 61.2. The maximum absolute atomic E-state index is 11.5. The van der Waals surface area contributed by atoms with Crippen molar-refractivity contribution in [2.75, 3.05) is 198 Å². The van der Waals surface area contributed by atoms with Crippen LogP contribution in [0.25, 0.3) is 0 Å². The molecule has 25 nitrogen and oxygen atoms in total. The van der Waals surface area contributed by atoms with E-state index in [1.165, 1.54) is 7.11 Å². The molecule has 0 saturated heterocycles. The molecule has 0 heterocycles. The largest absolute Gasteiger partial charge is 0.469 e. The maximum Gasteiger partial charge on any atom is 0.320 e. The van der Waals surface area contributed by atoms with E-state index in [1.807, 2.05) is 37.5 Å². The second kappa shape index (κ2) is 75.0. The molecule has 0 aliphatic heterocycles. The van der Waals surface area contributed by atoms with Crippen LogP contribution in [-0.4, -0.2) is 304 Å². The van der Waals surface area contributed by atoms with Crippen LogP contribution in [-0.2, 0) is 57.2 Å². The molecule has 0 unspecified atom stereocenters. The zero-order valence-corrected chi connectivity index (χ0v) is 58.3. The molecule has 0 amide bonds. The summed E-state index contributed by atoms with van der Waals surface area (Å²) in [6, 6.07) is 0. The van der Waals surface area contributed by atoms with E-state index in [0.29, 0.717) is 124 Å². The maximum atomic E-state index is 11.5. The number of nitrogens with zero attached hydrogens (tertiary/aromatic N) is 6. The molecular formula is C64H134N6O19. The Kier molecular flexibility index (Phi) is 81.3. The zero-order valence-electron chi connectivity index (χ0n) is 58.3. The summed E-state index contributed by atoms with van der Waals surface area (Å²) < 4.78 is 29.4. The van der Waals surface area contributed by atoms with Gasteiger partial charge in [-0.3, -0.25) is 33.7 Å². The van der Waals surface area contributed by atoms with Gasteiger partial charge in [-0.1, -0.05) is 68.2 Å². The minimum absolute atomic E-state index is 0.0621. The van der Waals surface area contributed by atoms with Crippen LogP contribution in [0.4, 0.5) is 0 Å². The van der Waals surface area contributed by atoms with Crippen molar-refractivity contribution in [2.24, 2.45) is 0 Å². The number of aliphatic hydroxyl groups is 7. The molecule has 0 spiro atoms. The highest BCUT2D eigenvalue weighted by Gasteiger charge is 2.17. The van der Waals surface area contributed by atoms with Gasteiger partial charge in [-0.2, -0.15) is 0 Å². The van der Waals surface area contributed by atoms with Crippen molar-refractivity contribution >= 4 is 35.8 Å². The van der Waals surface area contributed by atoms with Gasteiger partial charge in [-0.05, 0) is 118 Å². The summed E-state index contributed by atoms with van der Waals surface area (Å²) in [4.78, 5) is 79.3. The molecule has 89 heavy (non-hydrogen) atoms. The van der Waals surface area contributed by atoms with E-state index < -0.39 is 5.60 Å². The van der Waals surface area contributed by atoms with Gasteiger partial charge in [0.15, 0.2) is 0 Å². The molecule has 0 aliphatic rings. The van der Waals surface area contributed by atoms with Crippen molar-refractivity contribution in [3.63, 3.8) is 0 Å². The summed E-state index contributed by atoms with van der Waals surface area (Å²) in [7, 11) is 1.39. The van der Waals surface area contributed by atoms with E-state index in [0.717, 1.165) is 103 Å². The molecule has 0 bridgehead atoms. The number of ether oxygens (including phenoxy) is 6. The highest BCUT2D eigenvalue weighted by molar-refractivity contribution is 5.72. The second-order valence-electron chi connectivity index (χ2n) is 21.6. The van der Waals surface area contributed by atoms with Crippen molar-refractivity contribution in [1.82, 2.24) is 29.4 Å². The van der Waals surface area contributed by atoms with Gasteiger partial charge in [0.1, 0.15) is 12.2 Å². The van der Waals surface area contributed by atoms with Crippen molar-refractivity contribution < 1.29 is 92.9 Å². The number of carbonyl (C=O) groups is 6. The molecule has 0 aromatic heterocycles. The molecule has 0 radical (unpaired) electrons. The molecule has 534 valence electrons. The lowest BCUT2D eigenvalue weighted by Crippen LogP contribution is -2.34. The lowest BCUT2D eigenvalue weighted by atomic mass is 10.2. The van der Waals surface area contributed by atoms with Crippen LogP contribution in [0.2, 0.25) is 0 Å². The minimum Gasteiger partial charge on any atom is -0.469 e. The Morgan fingerprint density at radius 1 is 0.303 bits per heavy atom. The van der Waals surface area contributed by atoms with E-state index in [9.17, 15) is 28.8 Å². The molecule has 0 rings (SSSR count). The molecule has 7 N–H and O–H groups in total. The van der Waals surface area contributed by atoms with E-state index in [-0.39, 0.29) is 95.2 Å². The number of aliphatic hydroxyl groups excluding tert-OH is 7. The van der Waals surface area contributed by atoms with Gasteiger partial charge in [0.05, 0.1) is 112 Å². The van der Waals surface area contributed by atoms with Crippen molar-refractivity contribution in [3.8, 4) is 0 Å². The number of carbonyl (C=O) groups excluding carboxylic acids is 6. The Morgan fingerprint density at radius 3 is 0.843 bits per heavy atom. The third-order valence-corrected chi connectivity index (χ3v) is 12.1. The molecular weight excluding hydrogens is 1160 g/mol. The van der Waals surface area contributed by atoms with Crippen molar-refractivity contribution in [1.29, 1.82) is 0 Å². The number of unbranched alkanes of at least 4 members (excludes halogenated alkanes) is 2. The van der Waals surface area contributed by atoms with Crippen LogP contribution >= 0.6 is 0 Å². The van der Waals surface area contributed by atoms with E-state index >= 15 is 0 Å². The lowest BCUT2D eigenvalue weighted by molar-refractivity contribution is -0.155. The van der Waals surface area contributed by atoms with Crippen LogP contribution in [0, 0.1) is 0 Å². The fourth-order valence-electron chi connectivity index (χ4n) is 7.86. The van der Waals surface area contributed by atoms with Crippen LogP contribution in [0.1, 0.15) is 179 Å². The smallest absolute Gasteiger partial charge is 0.320 e. The van der Waals surface area contributed by atoms with Crippen LogP contribution in [0.15, 0.2) is 0 Å². The average molecular weight is 1290 g/mol. The van der Waals surface area contributed by atoms with Gasteiger partial charge >= 0.3 is 35.8 Å². The normalized spacial score (nSPS) is 10.9. The summed E-state index contributed by atoms with van der Waals surface area (Å²) in [5.74, 6) is -1.15. The van der Waals surface area contributed by atoms with Gasteiger partial charge < -0.3 is 88.7 Å². The minimum atomic E-state index is -0.413. The van der Waals surface area contributed by atoms with Crippen LogP contribution in [0.3, 0.4) is 0 Å². The summed E-state index contributed by atoms with van der Waals surface area (Å²) in [5.41, 5.74) is -0.413. The van der Waals surface area contributed by atoms with Gasteiger partial charge in [0.25, 0.3) is 0 Å². The summed E-state index contributed by atoms with van der Waals surface area (Å²) in [6.07, 6.45) is 11.9. The third-order valence-electron chi connectivity index (χ3n) is 12.1. The quantitative estimate of drug-likeness (QED) is 0.0252. The summed E-state index contributed by atoms with van der Waals surface area (Å²) in [6.45, 7) is 38.6. The van der Waals surface area contributed by atoms with Gasteiger partial charge in [-0.15, -0.1) is 0 Å². The number of methoxy groups -OCH3 is 1. The molecule has 0 saturated carbocycles. The fourth-order valence-corrected chi connectivity index (χ4v) is 7.86. The molecule has 0 aromatic rings. The highest BCUT2D eigenvalue weighted by Crippen LogP contribution is 2.09. The van der Waals surface area contributed by atoms with Crippen LogP contribution < -0.4 is 0 Å². The SMILES string of the molecule is CCCCOC(=O)CCN(CCC)CCO.CCCCOC(=O)CN(CCC)CCO.CCCN(CCO)CCC(=O)OC.CCCN(CCO)CCC(=O)OC(C)(C)C.CCCN(CCO)CCC(=O)OCC.CCCN(CCO)CCC(=O)OCCO. The standard InChI is InChI=1S/2C12H25NO3.C11H23NO3.C10H21NO4.C10H21NO3.C9H19NO3/c1-5-7-13(9-10-14)8-6-11(15)16-12(2,3)4;1-3-5-11-16-12(15)6-8-13(7-4-2)9-10-14;1-3-5-9-15-11(14)10-12(6-4-2)7-8-13;1-2-4-11(6-7-12)5-3-10(14)15-9-8-13;1-3-6-11(8-9-12)7-5-10(13)14-4-2;1-3-5-10(7-8-11)6-4-9(12)13-2/h14H,5-10H2,1-4H3;14H,3-11H2,1-2H3;13H,3-10H2,1-2H3;12-13H,2-9H2,1H3;12H,3-9H2,1-2H3;11H,3-8H2,1-2H3. The van der Waals surface area contributed by atoms with Gasteiger partial charge in [0, 0.05) is 72.0 Å². The second-order valence-corrected chi connectivity index (χ2v) is 21.6. The van der Waals surface area contributed by atoms with Crippen molar-refractivity contribution in [3.05, 3.63) is 0 Å². The molecule has 0 fully saturated rings. The van der Waals surface area contributed by atoms with E-state index in [4.69, 9.17) is 59.4 Å². The first kappa shape index (κ1) is 96.4. The molecule has 0 aromatic carbocycles. The van der Waals surface area contributed by atoms with E-state index in [1.54, 1.807) is 6.92 Å². The van der Waals surface area contributed by atoms with Gasteiger partial charge in [-0.25, -0.2) is 0 Å². The number of hydrogen-bond donors (Lipinski definition) is 7. The third kappa shape index (κ3) is 78.5. The Labute approximate surface area is 539 Å². The molecule has 0 atom stereocenters. The predicted molar refractivity (Wildman–Crippen MR) is 350 cm³/mol. The number of hydrogen-bond acceptors (Lipinski definition) is 25. The Balaban J connectivity index is -0.000000233. The number of esters is 6. The lowest BCUT2D eigenvalue weighted by Gasteiger charge is -2.22. The highest BCUT2D eigenvalue weighted by atomic mass is 16.6. The van der Waals surface area contributed by atoms with Gasteiger partial charge in [0.2, 0.25) is 0 Å². The first-order valence-electron chi connectivity index (χ1n) is 33.1. The average Bonchev–Trinajstić information content (AvgIpc) is 3.64. The van der Waals surface area contributed by atoms with E-state index in [2.05, 4.69) is 72.8 Å². The van der Waals surface area contributed by atoms with Crippen LogP contribution in [0.5, 0.6) is 0 Å². The Morgan fingerprint density at radius 2 is 0.573 bits per heavy atom. The summed E-state index contributed by atoms with van der Waals surface area (Å²) >= 11 is 0. The Hall–Kier alpha value is -3.70.